The van der Waals surface area contributed by atoms with Crippen LogP contribution in [0, 0.1) is 6.92 Å². The zero-order chi connectivity index (χ0) is 64.4. The average Bonchev–Trinajstić information content (AvgIpc) is 1.65. The Balaban J connectivity index is 1.01. The zero-order valence-corrected chi connectivity index (χ0v) is 54.6. The number of aryl methyl sites for hydroxylation is 1. The van der Waals surface area contributed by atoms with E-state index in [-0.39, 0.29) is 30.4 Å². The third kappa shape index (κ3) is 10.9. The molecule has 0 saturated heterocycles. The maximum absolute atomic E-state index is 11.6. The minimum atomic E-state index is -1.09. The number of para-hydroxylation sites is 2. The molecule has 0 saturated carbocycles. The van der Waals surface area contributed by atoms with Crippen molar-refractivity contribution in [2.45, 2.75) is 75.9 Å². The van der Waals surface area contributed by atoms with Gasteiger partial charge in [0.25, 0.3) is 0 Å². The Bertz CT molecular complexity index is 4780. The summed E-state index contributed by atoms with van der Waals surface area (Å²) in [4.78, 5) is 2.47. The Morgan fingerprint density at radius 3 is 1.31 bits per heavy atom. The second-order valence-electron chi connectivity index (χ2n) is 27.5. The van der Waals surface area contributed by atoms with Gasteiger partial charge in [-0.3, -0.25) is 0 Å². The number of aliphatic hydroxyl groups is 1. The molecule has 1 aliphatic carbocycles. The second kappa shape index (κ2) is 24.6. The summed E-state index contributed by atoms with van der Waals surface area (Å²) in [5.41, 5.74) is 30.8. The molecule has 0 fully saturated rings. The Kier molecular flexibility index (Phi) is 15.4. The molecule has 0 aromatic heterocycles. The van der Waals surface area contributed by atoms with E-state index in [4.69, 9.17) is 4.65 Å². The maximum atomic E-state index is 11.6. The number of fused-ring (bicyclic) bond motifs is 7. The van der Waals surface area contributed by atoms with Crippen LogP contribution in [0.5, 0.6) is 0 Å². The van der Waals surface area contributed by atoms with Crippen molar-refractivity contribution >= 4 is 53.1 Å². The maximum Gasteiger partial charge on any atom is 0.309 e. The molecule has 458 valence electrons. The van der Waals surface area contributed by atoms with Crippen molar-refractivity contribution in [2.75, 3.05) is 4.90 Å². The summed E-state index contributed by atoms with van der Waals surface area (Å²) in [5.74, 6) is -0.116. The van der Waals surface area contributed by atoms with Crippen molar-refractivity contribution in [3.63, 3.8) is 0 Å². The normalized spacial score (nSPS) is 13.5. The average molecular weight is 1220 g/mol. The smallest absolute Gasteiger partial charge is 0.309 e. The van der Waals surface area contributed by atoms with Gasteiger partial charge in [0.1, 0.15) is 0 Å². The lowest BCUT2D eigenvalue weighted by molar-refractivity contribution is -0.0893. The summed E-state index contributed by atoms with van der Waals surface area (Å²) in [7, 11) is 0.341. The molecule has 2 heterocycles. The molecule has 13 aromatic carbocycles. The molecule has 1 N–H and O–H groups in total. The summed E-state index contributed by atoms with van der Waals surface area (Å²) in [5, 5.41) is 11.6. The number of rotatable bonds is 17. The highest BCUT2D eigenvalue weighted by Gasteiger charge is 2.48. The molecule has 0 spiro atoms. The zero-order valence-electron chi connectivity index (χ0n) is 54.6. The van der Waals surface area contributed by atoms with Gasteiger partial charge < -0.3 is 14.7 Å². The largest absolute Gasteiger partial charge is 0.427 e. The summed E-state index contributed by atoms with van der Waals surface area (Å²) < 4.78 is 6.95. The molecule has 0 radical (unpaired) electrons. The number of benzene rings is 13. The molecule has 0 amide bonds. The third-order valence-corrected chi connectivity index (χ3v) is 21.1. The molecule has 13 aromatic rings. The van der Waals surface area contributed by atoms with E-state index in [1.54, 1.807) is 0 Å². The van der Waals surface area contributed by atoms with Gasteiger partial charge >= 0.3 is 7.48 Å². The van der Waals surface area contributed by atoms with Gasteiger partial charge in [0.05, 0.1) is 11.2 Å². The Hall–Kier alpha value is -10.3. The fourth-order valence-corrected chi connectivity index (χ4v) is 15.9. The SMILES string of the molecule is Cc1ccc(C(c2ccccc2)c2ccccc2)cc1-c1cc(N(c2ccccc2)c2ccccc2)cc2c1Cc1cc(BOC(C)(C)C(C)(C)O)cc3c1B2c1cc(C(c2ccccc2)c2ccccc2)cc2c1C3c1ccc(C(c3ccccc3)c3ccccc3)cc1-2. The van der Waals surface area contributed by atoms with Gasteiger partial charge in [0.2, 0.25) is 6.71 Å². The van der Waals surface area contributed by atoms with E-state index in [1.165, 1.54) is 122 Å². The Morgan fingerprint density at radius 2 is 0.832 bits per heavy atom. The van der Waals surface area contributed by atoms with Crippen LogP contribution in [0.2, 0.25) is 0 Å². The molecule has 5 heteroatoms. The number of hydrogen-bond donors (Lipinski definition) is 1. The monoisotopic (exact) mass is 1220 g/mol. The van der Waals surface area contributed by atoms with Crippen LogP contribution in [0.25, 0.3) is 22.3 Å². The minimum absolute atomic E-state index is 0.000444. The quantitative estimate of drug-likeness (QED) is 0.0728. The number of hydrogen-bond acceptors (Lipinski definition) is 3. The molecule has 95 heavy (non-hydrogen) atoms. The van der Waals surface area contributed by atoms with Crippen molar-refractivity contribution in [1.82, 2.24) is 0 Å². The number of nitrogens with zero attached hydrogens (tertiary/aromatic N) is 1. The molecule has 3 aliphatic rings. The minimum Gasteiger partial charge on any atom is -0.427 e. The van der Waals surface area contributed by atoms with Crippen molar-refractivity contribution < 1.29 is 9.76 Å². The first-order valence-electron chi connectivity index (χ1n) is 33.8. The molecule has 2 aliphatic heterocycles. The topological polar surface area (TPSA) is 32.7 Å². The summed E-state index contributed by atoms with van der Waals surface area (Å²) >= 11 is 0. The fourth-order valence-electron chi connectivity index (χ4n) is 15.9. The van der Waals surface area contributed by atoms with Crippen LogP contribution in [-0.2, 0) is 11.1 Å². The Labute approximate surface area is 561 Å². The molecule has 0 bridgehead atoms. The first kappa shape index (κ1) is 59.7. The standard InChI is InChI=1S/C90H75B2NO2/c1-59-46-47-66(83(60-30-14-6-15-31-60)61-32-16-7-17-33-61)51-75(59)77-57-73(93(71-42-26-12-27-43-71)72-44-28-13-29-45-72)58-81-78(77)54-69-50-70(91-95-90(4,5)89(2,3)94)56-80-86-74-49-48-67(84(62-34-18-8-19-35-62)63-36-20-9-21-37-63)52-76(74)79-53-68(55-82(87(79)86)92(81)88(69)80)85(64-38-22-10-23-39-64)65-40-24-11-25-41-65/h6-53,55-58,83-86,91,94H,54H2,1-5H3. The third-order valence-electron chi connectivity index (χ3n) is 21.1. The van der Waals surface area contributed by atoms with E-state index in [0.29, 0.717) is 13.9 Å². The van der Waals surface area contributed by atoms with E-state index in [2.05, 4.69) is 327 Å². The van der Waals surface area contributed by atoms with Gasteiger partial charge in [0.15, 0.2) is 0 Å². The Morgan fingerprint density at radius 1 is 0.400 bits per heavy atom. The molecular formula is C90H75B2NO2. The van der Waals surface area contributed by atoms with Gasteiger partial charge in [-0.05, 0) is 201 Å². The first-order valence-corrected chi connectivity index (χ1v) is 33.8. The second-order valence-corrected chi connectivity index (χ2v) is 27.5. The van der Waals surface area contributed by atoms with Gasteiger partial charge in [-0.25, -0.2) is 0 Å². The first-order chi connectivity index (χ1) is 46.4. The van der Waals surface area contributed by atoms with E-state index in [1.807, 2.05) is 27.7 Å². The van der Waals surface area contributed by atoms with Crippen molar-refractivity contribution in [3.8, 4) is 22.3 Å². The van der Waals surface area contributed by atoms with Gasteiger partial charge in [-0.2, -0.15) is 0 Å². The summed E-state index contributed by atoms with van der Waals surface area (Å²) in [6.45, 7) is 9.87. The van der Waals surface area contributed by atoms with Gasteiger partial charge in [-0.1, -0.05) is 283 Å². The lowest BCUT2D eigenvalue weighted by Crippen LogP contribution is -2.62. The van der Waals surface area contributed by atoms with E-state index in [9.17, 15) is 5.11 Å². The highest BCUT2D eigenvalue weighted by atomic mass is 16.5. The molecule has 1 atom stereocenters. The van der Waals surface area contributed by atoms with Crippen LogP contribution in [0.4, 0.5) is 17.1 Å². The van der Waals surface area contributed by atoms with Gasteiger partial charge in [0, 0.05) is 40.7 Å². The lowest BCUT2D eigenvalue weighted by atomic mass is 9.29. The molecule has 1 unspecified atom stereocenters. The molecule has 3 nitrogen and oxygen atoms in total. The lowest BCUT2D eigenvalue weighted by Gasteiger charge is -2.40. The van der Waals surface area contributed by atoms with E-state index in [0.717, 1.165) is 22.5 Å². The summed E-state index contributed by atoms with van der Waals surface area (Å²) in [6, 6.07) is 118. The fraction of sp³-hybridized carbons (Fsp3) is 0.133. The molecular weight excluding hydrogens is 1150 g/mol. The van der Waals surface area contributed by atoms with Crippen LogP contribution in [-0.4, -0.2) is 30.5 Å². The van der Waals surface area contributed by atoms with Crippen LogP contribution < -0.4 is 26.8 Å². The van der Waals surface area contributed by atoms with Crippen LogP contribution in [0.3, 0.4) is 0 Å². The van der Waals surface area contributed by atoms with Gasteiger partial charge in [-0.15, -0.1) is 0 Å². The predicted octanol–water partition coefficient (Wildman–Crippen LogP) is 18.1. The van der Waals surface area contributed by atoms with Crippen LogP contribution in [0.1, 0.15) is 135 Å². The summed E-state index contributed by atoms with van der Waals surface area (Å²) in [6.07, 6.45) is 0.709. The number of anilines is 3. The van der Waals surface area contributed by atoms with Crippen LogP contribution >= 0.6 is 0 Å². The molecule has 16 rings (SSSR count). The van der Waals surface area contributed by atoms with E-state index < -0.39 is 11.2 Å². The van der Waals surface area contributed by atoms with Crippen molar-refractivity contribution in [3.05, 3.63) is 399 Å². The highest BCUT2D eigenvalue weighted by molar-refractivity contribution is 6.97. The predicted molar refractivity (Wildman–Crippen MR) is 398 cm³/mol. The van der Waals surface area contributed by atoms with Crippen molar-refractivity contribution in [1.29, 1.82) is 0 Å². The van der Waals surface area contributed by atoms with E-state index >= 15 is 0 Å². The van der Waals surface area contributed by atoms with Crippen LogP contribution in [0.15, 0.2) is 315 Å². The van der Waals surface area contributed by atoms with Crippen molar-refractivity contribution in [2.24, 2.45) is 0 Å². The highest BCUT2D eigenvalue weighted by Crippen LogP contribution is 2.53.